The van der Waals surface area contributed by atoms with Gasteiger partial charge in [0.2, 0.25) is 0 Å². The highest BCUT2D eigenvalue weighted by Gasteiger charge is 2.24. The molecule has 2 aromatic rings. The van der Waals surface area contributed by atoms with Gasteiger partial charge in [0.1, 0.15) is 17.8 Å². The minimum atomic E-state index is -0.500. The Hall–Kier alpha value is -3.29. The number of carbonyl (C=O) groups excluding carboxylic acids is 3. The van der Waals surface area contributed by atoms with Gasteiger partial charge in [-0.15, -0.1) is 0 Å². The largest absolute Gasteiger partial charge is 0.507 e. The van der Waals surface area contributed by atoms with Crippen molar-refractivity contribution in [2.45, 2.75) is 6.54 Å². The van der Waals surface area contributed by atoms with Crippen molar-refractivity contribution in [2.75, 3.05) is 33.4 Å². The zero-order valence-electron chi connectivity index (χ0n) is 16.7. The third kappa shape index (κ3) is 4.82. The predicted octanol–water partition coefficient (Wildman–Crippen LogP) is 2.75. The number of carbonyl (C=O) groups is 3. The molecule has 0 bridgehead atoms. The number of benzene rings is 2. The van der Waals surface area contributed by atoms with E-state index in [-0.39, 0.29) is 16.9 Å². The van der Waals surface area contributed by atoms with Crippen LogP contribution in [0.4, 0.5) is 0 Å². The number of morpholine rings is 1. The Morgan fingerprint density at radius 1 is 1.13 bits per heavy atom. The molecule has 0 unspecified atom stereocenters. The Bertz CT molecular complexity index is 959. The lowest BCUT2D eigenvalue weighted by Gasteiger charge is -2.28. The molecule has 30 heavy (non-hydrogen) atoms. The molecule has 1 heterocycles. The molecule has 2 aromatic carbocycles. The van der Waals surface area contributed by atoms with E-state index in [0.717, 1.165) is 6.29 Å². The molecule has 0 saturated carbocycles. The average molecular weight is 409 g/mol. The monoisotopic (exact) mass is 409 g/mol. The van der Waals surface area contributed by atoms with E-state index in [1.54, 1.807) is 30.3 Å². The van der Waals surface area contributed by atoms with E-state index in [1.807, 2.05) is 0 Å². The van der Waals surface area contributed by atoms with Crippen LogP contribution < -0.4 is 4.74 Å². The van der Waals surface area contributed by atoms with Crippen LogP contribution in [0, 0.1) is 0 Å². The summed E-state index contributed by atoms with van der Waals surface area (Å²) < 4.78 is 10.7. The van der Waals surface area contributed by atoms with Gasteiger partial charge in [0, 0.05) is 30.8 Å². The number of hydrogen-bond donors (Lipinski definition) is 1. The molecule has 1 fully saturated rings. The van der Waals surface area contributed by atoms with Crippen LogP contribution in [0.3, 0.4) is 0 Å². The normalized spacial score (nSPS) is 14.6. The lowest BCUT2D eigenvalue weighted by Crippen LogP contribution is -2.35. The Balaban J connectivity index is 1.93. The van der Waals surface area contributed by atoms with E-state index in [2.05, 4.69) is 4.90 Å². The first-order chi connectivity index (χ1) is 14.6. The summed E-state index contributed by atoms with van der Waals surface area (Å²) in [6.45, 7) is 2.93. The second-order valence-electron chi connectivity index (χ2n) is 6.86. The number of aldehydes is 2. The van der Waals surface area contributed by atoms with Crippen LogP contribution in [0.15, 0.2) is 36.4 Å². The number of ether oxygens (including phenoxy) is 2. The van der Waals surface area contributed by atoms with Gasteiger partial charge in [-0.3, -0.25) is 19.3 Å². The van der Waals surface area contributed by atoms with Crippen LogP contribution in [0.5, 0.6) is 11.5 Å². The summed E-state index contributed by atoms with van der Waals surface area (Å²) in [6, 6.07) is 8.15. The number of rotatable bonds is 8. The molecule has 0 aromatic heterocycles. The SMILES string of the molecule is COc1cc(C=O)c(C(=O)/C=C/c2ccc(C=O)cc2)c(O)c1CN1CCOCC1. The summed E-state index contributed by atoms with van der Waals surface area (Å²) >= 11 is 0. The van der Waals surface area contributed by atoms with Crippen molar-refractivity contribution in [3.05, 3.63) is 64.2 Å². The fourth-order valence-corrected chi connectivity index (χ4v) is 3.32. The minimum absolute atomic E-state index is 0.0565. The number of nitrogens with zero attached hydrogens (tertiary/aromatic N) is 1. The molecule has 156 valence electrons. The average Bonchev–Trinajstić information content (AvgIpc) is 2.79. The van der Waals surface area contributed by atoms with Gasteiger partial charge in [0.25, 0.3) is 0 Å². The molecule has 7 heteroatoms. The number of aromatic hydroxyl groups is 1. The number of hydrogen-bond acceptors (Lipinski definition) is 7. The molecule has 0 radical (unpaired) electrons. The molecule has 1 aliphatic heterocycles. The molecule has 1 saturated heterocycles. The van der Waals surface area contributed by atoms with Crippen LogP contribution in [0.2, 0.25) is 0 Å². The number of phenolic OH excluding ortho intramolecular Hbond substituents is 1. The third-order valence-corrected chi connectivity index (χ3v) is 4.97. The summed E-state index contributed by atoms with van der Waals surface area (Å²) in [5.74, 6) is -0.403. The summed E-state index contributed by atoms with van der Waals surface area (Å²) in [5.41, 5.74) is 1.69. The predicted molar refractivity (Wildman–Crippen MR) is 111 cm³/mol. The summed E-state index contributed by atoms with van der Waals surface area (Å²) in [7, 11) is 1.45. The van der Waals surface area contributed by atoms with Gasteiger partial charge in [0.05, 0.1) is 31.5 Å². The van der Waals surface area contributed by atoms with Gasteiger partial charge >= 0.3 is 0 Å². The maximum absolute atomic E-state index is 12.8. The Morgan fingerprint density at radius 2 is 1.80 bits per heavy atom. The van der Waals surface area contributed by atoms with Crippen molar-refractivity contribution < 1.29 is 29.0 Å². The van der Waals surface area contributed by atoms with E-state index in [0.29, 0.717) is 61.6 Å². The number of methoxy groups -OCH3 is 1. The fourth-order valence-electron chi connectivity index (χ4n) is 3.32. The van der Waals surface area contributed by atoms with Crippen LogP contribution in [0.1, 0.15) is 42.2 Å². The first kappa shape index (κ1) is 21.4. The number of ketones is 1. The molecule has 0 amide bonds. The van der Waals surface area contributed by atoms with E-state index in [9.17, 15) is 19.5 Å². The Morgan fingerprint density at radius 3 is 2.40 bits per heavy atom. The van der Waals surface area contributed by atoms with Crippen molar-refractivity contribution in [1.29, 1.82) is 0 Å². The smallest absolute Gasteiger partial charge is 0.190 e. The van der Waals surface area contributed by atoms with Crippen molar-refractivity contribution in [2.24, 2.45) is 0 Å². The second-order valence-corrected chi connectivity index (χ2v) is 6.86. The molecular weight excluding hydrogens is 386 g/mol. The van der Waals surface area contributed by atoms with Gasteiger partial charge < -0.3 is 14.6 Å². The van der Waals surface area contributed by atoms with Crippen LogP contribution in [0.25, 0.3) is 6.08 Å². The number of phenols is 1. The maximum Gasteiger partial charge on any atom is 0.190 e. The third-order valence-electron chi connectivity index (χ3n) is 4.97. The fraction of sp³-hybridized carbons (Fsp3) is 0.261. The van der Waals surface area contributed by atoms with Crippen molar-refractivity contribution >= 4 is 24.4 Å². The molecule has 1 aliphatic rings. The minimum Gasteiger partial charge on any atom is -0.507 e. The molecule has 1 N–H and O–H groups in total. The van der Waals surface area contributed by atoms with Gasteiger partial charge in [-0.1, -0.05) is 30.3 Å². The highest BCUT2D eigenvalue weighted by molar-refractivity contribution is 6.13. The molecule has 0 atom stereocenters. The zero-order valence-corrected chi connectivity index (χ0v) is 16.7. The van der Waals surface area contributed by atoms with Crippen molar-refractivity contribution in [1.82, 2.24) is 4.90 Å². The first-order valence-electron chi connectivity index (χ1n) is 9.53. The quantitative estimate of drug-likeness (QED) is 0.407. The summed E-state index contributed by atoms with van der Waals surface area (Å²) in [6.07, 6.45) is 4.13. The Labute approximate surface area is 174 Å². The van der Waals surface area contributed by atoms with Gasteiger partial charge in [0.15, 0.2) is 12.1 Å². The maximum atomic E-state index is 12.8. The lowest BCUT2D eigenvalue weighted by atomic mass is 9.97. The van der Waals surface area contributed by atoms with Crippen molar-refractivity contribution in [3.8, 4) is 11.5 Å². The summed E-state index contributed by atoms with van der Waals surface area (Å²) in [4.78, 5) is 37.3. The van der Waals surface area contributed by atoms with Gasteiger partial charge in [-0.2, -0.15) is 0 Å². The van der Waals surface area contributed by atoms with Crippen LogP contribution in [-0.4, -0.2) is 61.8 Å². The highest BCUT2D eigenvalue weighted by atomic mass is 16.5. The molecule has 0 spiro atoms. The Kier molecular flexibility index (Phi) is 7.11. The molecule has 0 aliphatic carbocycles. The van der Waals surface area contributed by atoms with Gasteiger partial charge in [-0.05, 0) is 17.7 Å². The van der Waals surface area contributed by atoms with E-state index in [4.69, 9.17) is 9.47 Å². The van der Waals surface area contributed by atoms with E-state index < -0.39 is 5.78 Å². The zero-order chi connectivity index (χ0) is 21.5. The second kappa shape index (κ2) is 9.96. The van der Waals surface area contributed by atoms with E-state index >= 15 is 0 Å². The molecular formula is C23H23NO6. The lowest BCUT2D eigenvalue weighted by molar-refractivity contribution is 0.0335. The van der Waals surface area contributed by atoms with Gasteiger partial charge in [-0.25, -0.2) is 0 Å². The van der Waals surface area contributed by atoms with Crippen molar-refractivity contribution in [3.63, 3.8) is 0 Å². The topological polar surface area (TPSA) is 93.1 Å². The molecule has 7 nitrogen and oxygen atoms in total. The summed E-state index contributed by atoms with van der Waals surface area (Å²) in [5, 5.41) is 10.9. The first-order valence-corrected chi connectivity index (χ1v) is 9.53. The number of allylic oxidation sites excluding steroid dienone is 1. The molecule has 3 rings (SSSR count). The van der Waals surface area contributed by atoms with Crippen LogP contribution >= 0.6 is 0 Å². The highest BCUT2D eigenvalue weighted by Crippen LogP contribution is 2.35. The van der Waals surface area contributed by atoms with Crippen LogP contribution in [-0.2, 0) is 11.3 Å². The van der Waals surface area contributed by atoms with E-state index in [1.165, 1.54) is 19.3 Å². The standard InChI is InChI=1S/C23H23NO6/c1-29-21-12-18(15-26)22(23(28)19(21)13-24-8-10-30-11-9-24)20(27)7-6-16-2-4-17(14-25)5-3-16/h2-7,12,14-15,28H,8-11,13H2,1H3/b7-6+.